The zero-order valence-electron chi connectivity index (χ0n) is 3.79. The van der Waals surface area contributed by atoms with Gasteiger partial charge in [-0.15, -0.1) is 0 Å². The first-order chi connectivity index (χ1) is 3.31. The maximum Gasteiger partial charge on any atom is 0.0306 e. The SMILES string of the molecule is NS/C=C(\N)CS. The van der Waals surface area contributed by atoms with Crippen LogP contribution in [0.25, 0.3) is 0 Å². The number of rotatable bonds is 2. The Labute approximate surface area is 52.9 Å². The molecule has 0 aliphatic heterocycles. The van der Waals surface area contributed by atoms with Gasteiger partial charge in [0.25, 0.3) is 0 Å². The van der Waals surface area contributed by atoms with Crippen molar-refractivity contribution in [3.63, 3.8) is 0 Å². The standard InChI is InChI=1S/C3H8N2S2/c4-3(1-6)2-7-5/h2,6H,1,4-5H2/b3-2-. The van der Waals surface area contributed by atoms with Gasteiger partial charge in [-0.1, -0.05) is 11.9 Å². The van der Waals surface area contributed by atoms with Crippen molar-refractivity contribution in [2.75, 3.05) is 5.75 Å². The van der Waals surface area contributed by atoms with E-state index in [-0.39, 0.29) is 0 Å². The lowest BCUT2D eigenvalue weighted by molar-refractivity contribution is 1.35. The fourth-order valence-electron chi connectivity index (χ4n) is 0.125. The van der Waals surface area contributed by atoms with Crippen LogP contribution in [0.2, 0.25) is 0 Å². The molecule has 4 N–H and O–H groups in total. The molecule has 0 fully saturated rings. The lowest BCUT2D eigenvalue weighted by atomic mass is 10.6. The summed E-state index contributed by atoms with van der Waals surface area (Å²) in [5, 5.41) is 6.69. The molecule has 0 rings (SSSR count). The summed E-state index contributed by atoms with van der Waals surface area (Å²) in [7, 11) is 0. The molecule has 0 heterocycles. The third-order valence-corrected chi connectivity index (χ3v) is 1.21. The molecule has 0 saturated heterocycles. The van der Waals surface area contributed by atoms with Crippen molar-refractivity contribution >= 4 is 24.6 Å². The fourth-order valence-corrected chi connectivity index (χ4v) is 0.598. The van der Waals surface area contributed by atoms with E-state index in [0.717, 1.165) is 11.9 Å². The van der Waals surface area contributed by atoms with Crippen molar-refractivity contribution < 1.29 is 0 Å². The van der Waals surface area contributed by atoms with Crippen molar-refractivity contribution in [3.8, 4) is 0 Å². The minimum atomic E-state index is 0.574. The minimum Gasteiger partial charge on any atom is -0.401 e. The molecule has 0 aromatic rings. The second-order valence-corrected chi connectivity index (χ2v) is 1.81. The van der Waals surface area contributed by atoms with Crippen LogP contribution >= 0.6 is 24.6 Å². The molecule has 0 amide bonds. The number of hydrogen-bond donors (Lipinski definition) is 3. The molecule has 4 heteroatoms. The Morgan fingerprint density at radius 2 is 2.43 bits per heavy atom. The van der Waals surface area contributed by atoms with Gasteiger partial charge in [-0.3, -0.25) is 5.14 Å². The van der Waals surface area contributed by atoms with Gasteiger partial charge in [-0.25, -0.2) is 0 Å². The van der Waals surface area contributed by atoms with E-state index in [1.165, 1.54) is 0 Å². The van der Waals surface area contributed by atoms with E-state index in [4.69, 9.17) is 10.9 Å². The second-order valence-electron chi connectivity index (χ2n) is 0.987. The van der Waals surface area contributed by atoms with E-state index in [1.807, 2.05) is 0 Å². The van der Waals surface area contributed by atoms with Crippen LogP contribution in [0.3, 0.4) is 0 Å². The van der Waals surface area contributed by atoms with Crippen LogP contribution in [0, 0.1) is 0 Å². The van der Waals surface area contributed by atoms with E-state index < -0.39 is 0 Å². The van der Waals surface area contributed by atoms with E-state index in [2.05, 4.69) is 12.6 Å². The lowest BCUT2D eigenvalue weighted by Gasteiger charge is -1.88. The average molecular weight is 136 g/mol. The number of hydrogen-bond acceptors (Lipinski definition) is 4. The Bertz CT molecular complexity index is 71.3. The van der Waals surface area contributed by atoms with Crippen molar-refractivity contribution in [3.05, 3.63) is 11.1 Å². The molecule has 0 spiro atoms. The topological polar surface area (TPSA) is 52.0 Å². The van der Waals surface area contributed by atoms with Crippen LogP contribution in [-0.4, -0.2) is 5.75 Å². The maximum atomic E-state index is 5.27. The predicted molar refractivity (Wildman–Crippen MR) is 37.9 cm³/mol. The highest BCUT2D eigenvalue weighted by atomic mass is 32.2. The van der Waals surface area contributed by atoms with Crippen LogP contribution in [0.15, 0.2) is 11.1 Å². The zero-order chi connectivity index (χ0) is 5.70. The van der Waals surface area contributed by atoms with Crippen LogP contribution < -0.4 is 10.9 Å². The fraction of sp³-hybridized carbons (Fsp3) is 0.333. The molecule has 0 aliphatic rings. The number of nitrogens with two attached hydrogens (primary N) is 2. The van der Waals surface area contributed by atoms with Gasteiger partial charge in [0.1, 0.15) is 0 Å². The molecular weight excluding hydrogens is 128 g/mol. The van der Waals surface area contributed by atoms with Crippen molar-refractivity contribution in [1.82, 2.24) is 0 Å². The summed E-state index contributed by atoms with van der Waals surface area (Å²) in [4.78, 5) is 0. The van der Waals surface area contributed by atoms with Crippen LogP contribution in [0.4, 0.5) is 0 Å². The van der Waals surface area contributed by atoms with Crippen LogP contribution in [-0.2, 0) is 0 Å². The summed E-state index contributed by atoms with van der Waals surface area (Å²) < 4.78 is 0. The van der Waals surface area contributed by atoms with E-state index in [0.29, 0.717) is 11.4 Å². The Morgan fingerprint density at radius 3 is 2.57 bits per heavy atom. The zero-order valence-corrected chi connectivity index (χ0v) is 5.51. The average Bonchev–Trinajstić information content (AvgIpc) is 1.68. The maximum absolute atomic E-state index is 5.27. The molecule has 42 valence electrons. The Hall–Kier alpha value is 0.200. The van der Waals surface area contributed by atoms with Crippen LogP contribution in [0.5, 0.6) is 0 Å². The summed E-state index contributed by atoms with van der Waals surface area (Å²) in [5.74, 6) is 0.574. The highest BCUT2D eigenvalue weighted by Gasteiger charge is 1.78. The lowest BCUT2D eigenvalue weighted by Crippen LogP contribution is -1.96. The molecule has 2 nitrogen and oxygen atoms in total. The molecule has 0 radical (unpaired) electrons. The predicted octanol–water partition coefficient (Wildman–Crippen LogP) is 0.323. The van der Waals surface area contributed by atoms with Gasteiger partial charge in [0.2, 0.25) is 0 Å². The second kappa shape index (κ2) is 4.36. The largest absolute Gasteiger partial charge is 0.401 e. The normalized spacial score (nSPS) is 12.0. The molecule has 0 atom stereocenters. The molecule has 0 aliphatic carbocycles. The molecule has 0 aromatic heterocycles. The summed E-state index contributed by atoms with van der Waals surface area (Å²) >= 11 is 4.99. The summed E-state index contributed by atoms with van der Waals surface area (Å²) in [5.41, 5.74) is 5.97. The monoisotopic (exact) mass is 136 g/mol. The molecular formula is C3H8N2S2. The molecule has 0 bridgehead atoms. The van der Waals surface area contributed by atoms with Gasteiger partial charge in [0, 0.05) is 16.9 Å². The van der Waals surface area contributed by atoms with Gasteiger partial charge >= 0.3 is 0 Å². The summed E-state index contributed by atoms with van der Waals surface area (Å²) in [6, 6.07) is 0. The van der Waals surface area contributed by atoms with E-state index in [9.17, 15) is 0 Å². The van der Waals surface area contributed by atoms with Gasteiger partial charge in [-0.05, 0) is 0 Å². The first-order valence-electron chi connectivity index (χ1n) is 1.72. The van der Waals surface area contributed by atoms with Gasteiger partial charge in [0.05, 0.1) is 0 Å². The molecule has 7 heavy (non-hydrogen) atoms. The van der Waals surface area contributed by atoms with Crippen molar-refractivity contribution in [2.45, 2.75) is 0 Å². The first-order valence-corrected chi connectivity index (χ1v) is 3.29. The number of thiol groups is 1. The minimum absolute atomic E-state index is 0.574. The summed E-state index contributed by atoms with van der Waals surface area (Å²) in [6.45, 7) is 0. The highest BCUT2D eigenvalue weighted by molar-refractivity contribution is 8.00. The Balaban J connectivity index is 3.29. The van der Waals surface area contributed by atoms with Crippen molar-refractivity contribution in [2.24, 2.45) is 10.9 Å². The Morgan fingerprint density at radius 1 is 1.86 bits per heavy atom. The van der Waals surface area contributed by atoms with E-state index >= 15 is 0 Å². The van der Waals surface area contributed by atoms with Crippen molar-refractivity contribution in [1.29, 1.82) is 0 Å². The first kappa shape index (κ1) is 7.20. The quantitative estimate of drug-likeness (QED) is 0.378. The molecule has 0 saturated carbocycles. The van der Waals surface area contributed by atoms with E-state index in [1.54, 1.807) is 5.41 Å². The third kappa shape index (κ3) is 4.04. The molecule has 0 aromatic carbocycles. The van der Waals surface area contributed by atoms with Crippen LogP contribution in [0.1, 0.15) is 0 Å². The Kier molecular flexibility index (Phi) is 4.49. The molecule has 0 unspecified atom stereocenters. The third-order valence-electron chi connectivity index (χ3n) is 0.402. The van der Waals surface area contributed by atoms with Gasteiger partial charge < -0.3 is 5.73 Å². The smallest absolute Gasteiger partial charge is 0.0306 e. The van der Waals surface area contributed by atoms with Gasteiger partial charge in [-0.2, -0.15) is 12.6 Å². The van der Waals surface area contributed by atoms with Gasteiger partial charge in [0.15, 0.2) is 0 Å². The highest BCUT2D eigenvalue weighted by Crippen LogP contribution is 1.93. The summed E-state index contributed by atoms with van der Waals surface area (Å²) in [6.07, 6.45) is 0.